The summed E-state index contributed by atoms with van der Waals surface area (Å²) >= 11 is 3.49. The van der Waals surface area contributed by atoms with Crippen molar-refractivity contribution in [3.05, 3.63) is 40.5 Å². The Bertz CT molecular complexity index is 560. The number of hydrogen-bond acceptors (Lipinski definition) is 3. The molecular formula is C13H15BrN4. The molecule has 18 heavy (non-hydrogen) atoms. The van der Waals surface area contributed by atoms with Gasteiger partial charge in [0.1, 0.15) is 11.6 Å². The van der Waals surface area contributed by atoms with E-state index < -0.39 is 0 Å². The van der Waals surface area contributed by atoms with Gasteiger partial charge in [0.15, 0.2) is 0 Å². The van der Waals surface area contributed by atoms with E-state index in [9.17, 15) is 0 Å². The summed E-state index contributed by atoms with van der Waals surface area (Å²) in [7, 11) is 0. The summed E-state index contributed by atoms with van der Waals surface area (Å²) in [6, 6.07) is 2.82. The average Bonchev–Trinajstić information content (AvgIpc) is 3.09. The Morgan fingerprint density at radius 1 is 1.44 bits per heavy atom. The highest BCUT2D eigenvalue weighted by Gasteiger charge is 2.21. The van der Waals surface area contributed by atoms with Gasteiger partial charge in [-0.05, 0) is 41.8 Å². The first kappa shape index (κ1) is 11.9. The summed E-state index contributed by atoms with van der Waals surface area (Å²) in [5, 5.41) is 3.53. The summed E-state index contributed by atoms with van der Waals surface area (Å²) < 4.78 is 3.03. The maximum atomic E-state index is 4.52. The third-order valence-corrected chi connectivity index (χ3v) is 3.56. The van der Waals surface area contributed by atoms with Crippen LogP contribution in [-0.4, -0.2) is 20.6 Å². The monoisotopic (exact) mass is 306 g/mol. The predicted octanol–water partition coefficient (Wildman–Crippen LogP) is 2.59. The number of hydrogen-bond donors (Lipinski definition) is 1. The third-order valence-electron chi connectivity index (χ3n) is 3.12. The molecule has 0 radical (unpaired) electrons. The van der Waals surface area contributed by atoms with Crippen LogP contribution in [0.1, 0.15) is 24.2 Å². The molecule has 0 saturated heterocycles. The van der Waals surface area contributed by atoms with Crippen LogP contribution in [0, 0.1) is 6.92 Å². The molecule has 0 aliphatic heterocycles. The van der Waals surface area contributed by atoms with Crippen molar-refractivity contribution in [2.75, 3.05) is 0 Å². The topological polar surface area (TPSA) is 42.7 Å². The van der Waals surface area contributed by atoms with Crippen LogP contribution < -0.4 is 5.32 Å². The quantitative estimate of drug-likeness (QED) is 0.944. The SMILES string of the molecule is Cc1nccn1-c1ncc(Br)cc1CNC1CC1. The van der Waals surface area contributed by atoms with E-state index in [-0.39, 0.29) is 0 Å². The fourth-order valence-electron chi connectivity index (χ4n) is 1.96. The molecule has 1 fully saturated rings. The first-order valence-electron chi connectivity index (χ1n) is 6.12. The minimum atomic E-state index is 0.695. The standard InChI is InChI=1S/C13H15BrN4/c1-9-15-4-5-18(9)13-10(6-11(14)8-17-13)7-16-12-2-3-12/h4-6,8,12,16H,2-3,7H2,1H3. The van der Waals surface area contributed by atoms with Crippen molar-refractivity contribution in [2.45, 2.75) is 32.4 Å². The Hall–Kier alpha value is -1.20. The molecule has 3 rings (SSSR count). The van der Waals surface area contributed by atoms with Crippen molar-refractivity contribution in [1.82, 2.24) is 19.9 Å². The fourth-order valence-corrected chi connectivity index (χ4v) is 2.34. The Morgan fingerprint density at radius 3 is 2.94 bits per heavy atom. The summed E-state index contributed by atoms with van der Waals surface area (Å²) in [5.74, 6) is 1.92. The lowest BCUT2D eigenvalue weighted by Crippen LogP contribution is -2.17. The van der Waals surface area contributed by atoms with Crippen molar-refractivity contribution < 1.29 is 0 Å². The molecule has 1 N–H and O–H groups in total. The second-order valence-corrected chi connectivity index (χ2v) is 5.55. The van der Waals surface area contributed by atoms with Crippen molar-refractivity contribution in [3.8, 4) is 5.82 Å². The number of nitrogens with zero attached hydrogens (tertiary/aromatic N) is 3. The Kier molecular flexibility index (Phi) is 3.18. The molecule has 94 valence electrons. The Balaban J connectivity index is 1.94. The van der Waals surface area contributed by atoms with E-state index in [0.717, 1.165) is 22.7 Å². The zero-order valence-corrected chi connectivity index (χ0v) is 11.8. The largest absolute Gasteiger partial charge is 0.310 e. The van der Waals surface area contributed by atoms with Crippen LogP contribution in [0.5, 0.6) is 0 Å². The molecule has 1 aliphatic rings. The zero-order chi connectivity index (χ0) is 12.5. The van der Waals surface area contributed by atoms with Crippen molar-refractivity contribution >= 4 is 15.9 Å². The second kappa shape index (κ2) is 4.82. The van der Waals surface area contributed by atoms with Crippen molar-refractivity contribution in [3.63, 3.8) is 0 Å². The molecule has 5 heteroatoms. The van der Waals surface area contributed by atoms with E-state index >= 15 is 0 Å². The normalized spacial score (nSPS) is 15.0. The van der Waals surface area contributed by atoms with E-state index in [1.807, 2.05) is 23.9 Å². The molecule has 0 aromatic carbocycles. The molecule has 1 saturated carbocycles. The molecule has 0 unspecified atom stereocenters. The van der Waals surface area contributed by atoms with Gasteiger partial charge in [0.2, 0.25) is 0 Å². The van der Waals surface area contributed by atoms with Crippen LogP contribution in [0.15, 0.2) is 29.1 Å². The Morgan fingerprint density at radius 2 is 2.28 bits per heavy atom. The number of aromatic nitrogens is 3. The lowest BCUT2D eigenvalue weighted by molar-refractivity contribution is 0.680. The second-order valence-electron chi connectivity index (χ2n) is 4.64. The van der Waals surface area contributed by atoms with Crippen LogP contribution in [0.2, 0.25) is 0 Å². The third kappa shape index (κ3) is 2.47. The molecule has 0 spiro atoms. The lowest BCUT2D eigenvalue weighted by Gasteiger charge is -2.11. The van der Waals surface area contributed by atoms with E-state index in [4.69, 9.17) is 0 Å². The van der Waals surface area contributed by atoms with E-state index in [2.05, 4.69) is 37.3 Å². The number of halogens is 1. The predicted molar refractivity (Wildman–Crippen MR) is 73.7 cm³/mol. The average molecular weight is 307 g/mol. The summed E-state index contributed by atoms with van der Waals surface area (Å²) in [5.41, 5.74) is 1.19. The smallest absolute Gasteiger partial charge is 0.142 e. The first-order chi connectivity index (χ1) is 8.74. The molecule has 4 nitrogen and oxygen atoms in total. The number of pyridine rings is 1. The molecule has 0 atom stereocenters. The minimum Gasteiger partial charge on any atom is -0.310 e. The van der Waals surface area contributed by atoms with Gasteiger partial charge in [-0.25, -0.2) is 9.97 Å². The van der Waals surface area contributed by atoms with E-state index in [0.29, 0.717) is 6.04 Å². The van der Waals surface area contributed by atoms with Crippen LogP contribution >= 0.6 is 15.9 Å². The molecule has 0 bridgehead atoms. The minimum absolute atomic E-state index is 0.695. The molecular weight excluding hydrogens is 292 g/mol. The number of aryl methyl sites for hydroxylation is 1. The van der Waals surface area contributed by atoms with Gasteiger partial charge >= 0.3 is 0 Å². The molecule has 0 amide bonds. The van der Waals surface area contributed by atoms with Gasteiger partial charge < -0.3 is 5.32 Å². The van der Waals surface area contributed by atoms with Crippen LogP contribution in [0.25, 0.3) is 5.82 Å². The maximum Gasteiger partial charge on any atom is 0.142 e. The van der Waals surface area contributed by atoms with Crippen LogP contribution in [0.3, 0.4) is 0 Å². The Labute approximate surface area is 115 Å². The fraction of sp³-hybridized carbons (Fsp3) is 0.385. The van der Waals surface area contributed by atoms with Crippen molar-refractivity contribution in [2.24, 2.45) is 0 Å². The van der Waals surface area contributed by atoms with Gasteiger partial charge in [0.25, 0.3) is 0 Å². The summed E-state index contributed by atoms with van der Waals surface area (Å²) in [6.45, 7) is 2.84. The van der Waals surface area contributed by atoms with Gasteiger partial charge in [-0.1, -0.05) is 0 Å². The molecule has 2 aromatic heterocycles. The molecule has 2 heterocycles. The van der Waals surface area contributed by atoms with Gasteiger partial charge in [-0.3, -0.25) is 4.57 Å². The van der Waals surface area contributed by atoms with Gasteiger partial charge in [-0.15, -0.1) is 0 Å². The van der Waals surface area contributed by atoms with E-state index in [1.165, 1.54) is 18.4 Å². The molecule has 2 aromatic rings. The highest BCUT2D eigenvalue weighted by Crippen LogP contribution is 2.22. The van der Waals surface area contributed by atoms with Gasteiger partial charge in [0, 0.05) is 41.2 Å². The lowest BCUT2D eigenvalue weighted by atomic mass is 10.2. The van der Waals surface area contributed by atoms with Gasteiger partial charge in [0.05, 0.1) is 0 Å². The van der Waals surface area contributed by atoms with Gasteiger partial charge in [-0.2, -0.15) is 0 Å². The first-order valence-corrected chi connectivity index (χ1v) is 6.91. The zero-order valence-electron chi connectivity index (χ0n) is 10.2. The van der Waals surface area contributed by atoms with Crippen LogP contribution in [0.4, 0.5) is 0 Å². The number of nitrogens with one attached hydrogen (secondary N) is 1. The summed E-state index contributed by atoms with van der Waals surface area (Å²) in [4.78, 5) is 8.77. The summed E-state index contributed by atoms with van der Waals surface area (Å²) in [6.07, 6.45) is 8.17. The van der Waals surface area contributed by atoms with E-state index in [1.54, 1.807) is 6.20 Å². The number of rotatable bonds is 4. The highest BCUT2D eigenvalue weighted by atomic mass is 79.9. The number of imidazole rings is 1. The van der Waals surface area contributed by atoms with Crippen LogP contribution in [-0.2, 0) is 6.54 Å². The maximum absolute atomic E-state index is 4.52. The highest BCUT2D eigenvalue weighted by molar-refractivity contribution is 9.10. The van der Waals surface area contributed by atoms with Crippen molar-refractivity contribution in [1.29, 1.82) is 0 Å². The molecule has 1 aliphatic carbocycles.